The van der Waals surface area contributed by atoms with E-state index in [1.165, 1.54) is 47.0 Å². The number of carbonyl (C=O) groups is 1. The largest absolute Gasteiger partial charge is 0.508 e. The lowest BCUT2D eigenvalue weighted by atomic mass is 9.99. The molecule has 0 fully saturated rings. The number of ether oxygens (including phenoxy) is 4. The lowest BCUT2D eigenvalue weighted by Gasteiger charge is -2.21. The molecule has 1 aromatic heterocycles. The Labute approximate surface area is 314 Å². The molecule has 1 aliphatic rings. The van der Waals surface area contributed by atoms with Gasteiger partial charge in [0.05, 0.1) is 47.8 Å². The second-order valence-corrected chi connectivity index (χ2v) is 12.2. The Balaban J connectivity index is 1.06. The smallest absolute Gasteiger partial charge is 0.420 e. The quantitative estimate of drug-likeness (QED) is 0.0802. The van der Waals surface area contributed by atoms with Crippen LogP contribution in [0.5, 0.6) is 17.2 Å². The summed E-state index contributed by atoms with van der Waals surface area (Å²) >= 11 is 5.94. The van der Waals surface area contributed by atoms with Crippen molar-refractivity contribution < 1.29 is 42.8 Å². The molecule has 0 saturated carbocycles. The molecule has 0 bridgehead atoms. The molecule has 0 spiro atoms. The fourth-order valence-electron chi connectivity index (χ4n) is 5.44. The van der Waals surface area contributed by atoms with E-state index in [1.54, 1.807) is 32.4 Å². The van der Waals surface area contributed by atoms with Crippen LogP contribution in [0.1, 0.15) is 18.4 Å². The van der Waals surface area contributed by atoms with Crippen LogP contribution in [0.15, 0.2) is 102 Å². The maximum absolute atomic E-state index is 13.7. The molecule has 0 saturated heterocycles. The van der Waals surface area contributed by atoms with Gasteiger partial charge in [0.1, 0.15) is 23.9 Å². The second-order valence-electron chi connectivity index (χ2n) is 11.8. The number of methoxy groups -OCH3 is 1. The number of carbonyl (C=O) groups excluding carboxylic acids is 1. The standard InChI is InChI=1S/C38H39ClFN5O9/c1-41-31-20-27(19-26(50-3)7-8-28(31)37(42-2)44-24-5-9-30(40)29(39)17-24)52-15-14-51-13-12-43-36(48)22-53-34-11-4-23(16-33(34)47)21-45-32-10-6-25(46)18-35(32)54-38(45)49/h4-6,8-11,16-18,20,26,46-47H,2,7,12-15,19,21-22H2,1,3H3,(H,43,48)/b27-20+,28-8+,41-31?,44-37?. The van der Waals surface area contributed by atoms with Gasteiger partial charge in [-0.15, -0.1) is 0 Å². The molecule has 0 radical (unpaired) electrons. The number of phenolic OH excluding ortho intramolecular Hbond substituents is 2. The normalized spacial score (nSPS) is 17.6. The van der Waals surface area contributed by atoms with Gasteiger partial charge in [-0.1, -0.05) is 23.7 Å². The van der Waals surface area contributed by atoms with E-state index in [9.17, 15) is 24.2 Å². The van der Waals surface area contributed by atoms with E-state index in [0.29, 0.717) is 46.7 Å². The monoisotopic (exact) mass is 763 g/mol. The van der Waals surface area contributed by atoms with E-state index in [2.05, 4.69) is 27.0 Å². The third-order valence-electron chi connectivity index (χ3n) is 8.15. The van der Waals surface area contributed by atoms with Gasteiger partial charge in [0.2, 0.25) is 0 Å². The van der Waals surface area contributed by atoms with Crippen LogP contribution in [0.2, 0.25) is 5.02 Å². The van der Waals surface area contributed by atoms with Crippen LogP contribution in [0.3, 0.4) is 0 Å². The predicted octanol–water partition coefficient (Wildman–Crippen LogP) is 5.50. The minimum atomic E-state index is -0.608. The second kappa shape index (κ2) is 18.8. The highest BCUT2D eigenvalue weighted by Gasteiger charge is 2.20. The number of halogens is 2. The van der Waals surface area contributed by atoms with Crippen molar-refractivity contribution in [3.8, 4) is 17.2 Å². The summed E-state index contributed by atoms with van der Waals surface area (Å²) in [6.07, 6.45) is 4.46. The first-order valence-corrected chi connectivity index (χ1v) is 17.1. The van der Waals surface area contributed by atoms with Crippen LogP contribution in [-0.4, -0.2) is 92.2 Å². The average molecular weight is 764 g/mol. The molecule has 1 heterocycles. The number of aromatic nitrogens is 1. The Morgan fingerprint density at radius 3 is 2.69 bits per heavy atom. The highest BCUT2D eigenvalue weighted by atomic mass is 35.5. The van der Waals surface area contributed by atoms with Crippen molar-refractivity contribution in [3.63, 3.8) is 0 Å². The van der Waals surface area contributed by atoms with E-state index in [1.807, 2.05) is 6.08 Å². The summed E-state index contributed by atoms with van der Waals surface area (Å²) in [7, 11) is 3.24. The number of nitrogens with zero attached hydrogens (tertiary/aromatic N) is 4. The first-order chi connectivity index (χ1) is 26.1. The molecule has 1 amide bonds. The van der Waals surface area contributed by atoms with Gasteiger partial charge in [0, 0.05) is 44.8 Å². The van der Waals surface area contributed by atoms with Gasteiger partial charge in [-0.3, -0.25) is 14.4 Å². The number of oxazole rings is 1. The molecule has 0 aliphatic heterocycles. The molecule has 1 atom stereocenters. The number of aromatic hydroxyl groups is 2. The number of hydrogen-bond acceptors (Lipinski definition) is 11. The first-order valence-electron chi connectivity index (χ1n) is 16.7. The van der Waals surface area contributed by atoms with E-state index in [4.69, 9.17) is 35.0 Å². The maximum atomic E-state index is 13.7. The fraction of sp³-hybridized carbons (Fsp3) is 0.289. The Kier molecular flexibility index (Phi) is 13.7. The number of amides is 1. The topological polar surface area (TPSA) is 179 Å². The van der Waals surface area contributed by atoms with Gasteiger partial charge in [0.25, 0.3) is 5.91 Å². The van der Waals surface area contributed by atoms with Crippen LogP contribution in [0, 0.1) is 5.82 Å². The summed E-state index contributed by atoms with van der Waals surface area (Å²) in [5, 5.41) is 22.7. The first kappa shape index (κ1) is 39.4. The van der Waals surface area contributed by atoms with Crippen molar-refractivity contribution in [1.82, 2.24) is 9.88 Å². The zero-order chi connectivity index (χ0) is 38.6. The summed E-state index contributed by atoms with van der Waals surface area (Å²) in [4.78, 5) is 37.7. The van der Waals surface area contributed by atoms with Crippen molar-refractivity contribution in [1.29, 1.82) is 0 Å². The molecule has 5 rings (SSSR count). The maximum Gasteiger partial charge on any atom is 0.420 e. The van der Waals surface area contributed by atoms with Crippen molar-refractivity contribution >= 4 is 52.6 Å². The number of amidine groups is 1. The van der Waals surface area contributed by atoms with Gasteiger partial charge in [-0.2, -0.15) is 0 Å². The third-order valence-corrected chi connectivity index (χ3v) is 8.44. The number of rotatable bonds is 15. The Morgan fingerprint density at radius 1 is 1.11 bits per heavy atom. The molecule has 1 aliphatic carbocycles. The van der Waals surface area contributed by atoms with Gasteiger partial charge in [-0.05, 0) is 61.2 Å². The number of hydrogen-bond donors (Lipinski definition) is 3. The summed E-state index contributed by atoms with van der Waals surface area (Å²) in [6.45, 7) is 4.29. The lowest BCUT2D eigenvalue weighted by molar-refractivity contribution is -0.123. The molecular formula is C38H39ClFN5O9. The minimum absolute atomic E-state index is 0.0265. The summed E-state index contributed by atoms with van der Waals surface area (Å²) in [6, 6.07) is 13.1. The zero-order valence-electron chi connectivity index (χ0n) is 29.6. The van der Waals surface area contributed by atoms with Crippen molar-refractivity contribution in [2.24, 2.45) is 15.0 Å². The van der Waals surface area contributed by atoms with E-state index < -0.39 is 17.5 Å². The Hall–Kier alpha value is -5.77. The number of benzene rings is 3. The number of nitrogens with one attached hydrogen (secondary N) is 1. The molecule has 3 N–H and O–H groups in total. The zero-order valence-corrected chi connectivity index (χ0v) is 30.3. The van der Waals surface area contributed by atoms with Gasteiger partial charge in [0.15, 0.2) is 29.5 Å². The molecule has 4 aromatic rings. The molecule has 284 valence electrons. The number of aliphatic imine (C=N–C) groups is 3. The van der Waals surface area contributed by atoms with Gasteiger partial charge < -0.3 is 38.9 Å². The minimum Gasteiger partial charge on any atom is -0.508 e. The van der Waals surface area contributed by atoms with E-state index in [-0.39, 0.29) is 79.3 Å². The number of fused-ring (bicyclic) bond motifs is 1. The Bertz CT molecular complexity index is 2180. The molecule has 16 heteroatoms. The number of phenols is 2. The van der Waals surface area contributed by atoms with Crippen LogP contribution in [0.25, 0.3) is 11.1 Å². The third kappa shape index (κ3) is 10.4. The van der Waals surface area contributed by atoms with Gasteiger partial charge in [-0.25, -0.2) is 19.2 Å². The summed E-state index contributed by atoms with van der Waals surface area (Å²) < 4.78 is 43.0. The molecule has 1 unspecified atom stereocenters. The highest BCUT2D eigenvalue weighted by molar-refractivity contribution is 6.31. The summed E-state index contributed by atoms with van der Waals surface area (Å²) in [5.74, 6) is -0.838. The SMILES string of the molecule is C=NC(=Nc1ccc(F)c(Cl)c1)/C1=C/CC(OC)C/C(OCCOCCNC(=O)COc2ccc(Cn3c(=O)oc4cc(O)ccc43)cc2O)=C\C1=NC. The molecule has 54 heavy (non-hydrogen) atoms. The fourth-order valence-corrected chi connectivity index (χ4v) is 5.62. The van der Waals surface area contributed by atoms with E-state index in [0.717, 1.165) is 0 Å². The van der Waals surface area contributed by atoms with Crippen LogP contribution >= 0.6 is 11.6 Å². The van der Waals surface area contributed by atoms with Crippen LogP contribution < -0.4 is 15.8 Å². The Morgan fingerprint density at radius 2 is 1.94 bits per heavy atom. The van der Waals surface area contributed by atoms with E-state index >= 15 is 0 Å². The molecular weight excluding hydrogens is 725 g/mol. The van der Waals surface area contributed by atoms with Crippen LogP contribution in [-0.2, 0) is 25.5 Å². The highest BCUT2D eigenvalue weighted by Crippen LogP contribution is 2.28. The molecule has 3 aromatic carbocycles. The van der Waals surface area contributed by atoms with Gasteiger partial charge >= 0.3 is 5.76 Å². The molecule has 14 nitrogen and oxygen atoms in total. The van der Waals surface area contributed by atoms with Crippen molar-refractivity contribution in [2.75, 3.05) is 47.1 Å². The average Bonchev–Trinajstić information content (AvgIpc) is 3.45. The predicted molar refractivity (Wildman–Crippen MR) is 202 cm³/mol. The lowest BCUT2D eigenvalue weighted by Crippen LogP contribution is -2.31. The van der Waals surface area contributed by atoms with Crippen molar-refractivity contribution in [2.45, 2.75) is 25.5 Å². The summed E-state index contributed by atoms with van der Waals surface area (Å²) in [5.41, 5.74) is 2.87. The van der Waals surface area contributed by atoms with Crippen molar-refractivity contribution in [3.05, 3.63) is 105 Å². The van der Waals surface area contributed by atoms with Crippen LogP contribution in [0.4, 0.5) is 10.1 Å². The number of allylic oxidation sites excluding steroid dienone is 1.